The summed E-state index contributed by atoms with van der Waals surface area (Å²) in [6, 6.07) is 15.8. The summed E-state index contributed by atoms with van der Waals surface area (Å²) in [6.07, 6.45) is 0. The Kier molecular flexibility index (Phi) is 6.80. The lowest BCUT2D eigenvalue weighted by atomic mass is 10.1. The number of amides is 1. The number of aromatic nitrogens is 1. The number of aryl methyl sites for hydroxylation is 1. The minimum atomic E-state index is -3.56. The average Bonchev–Trinajstić information content (AvgIpc) is 2.67. The number of hydrogen-bond donors (Lipinski definition) is 2. The number of thioether (sulfide) groups is 1. The Hall–Kier alpha value is -2.42. The molecular weight excluding hydrogens is 418 g/mol. The highest BCUT2D eigenvalue weighted by molar-refractivity contribution is 8.00. The van der Waals surface area contributed by atoms with E-state index in [1.807, 2.05) is 44.2 Å². The molecule has 0 aliphatic heterocycles. The Morgan fingerprint density at radius 2 is 1.70 bits per heavy atom. The van der Waals surface area contributed by atoms with E-state index in [-0.39, 0.29) is 22.1 Å². The lowest BCUT2D eigenvalue weighted by molar-refractivity contribution is -0.115. The molecule has 1 amide bonds. The first kappa shape index (κ1) is 22.3. The molecule has 0 saturated heterocycles. The molecule has 2 aromatic carbocycles. The quantitative estimate of drug-likeness (QED) is 0.530. The molecule has 0 aliphatic carbocycles. The molecule has 0 radical (unpaired) electrons. The molecular formula is C22H25N3O3S2. The number of benzene rings is 2. The minimum absolute atomic E-state index is 0.160. The Bertz CT molecular complexity index is 1160. The second-order valence-electron chi connectivity index (χ2n) is 7.34. The number of carbonyl (C=O) groups excluding carboxylic acids is 1. The van der Waals surface area contributed by atoms with Crippen molar-refractivity contribution in [1.29, 1.82) is 0 Å². The molecule has 0 aliphatic rings. The summed E-state index contributed by atoms with van der Waals surface area (Å²) in [6.45, 7) is 7.37. The number of fused-ring (bicyclic) bond motifs is 1. The Labute approximate surface area is 181 Å². The van der Waals surface area contributed by atoms with Crippen molar-refractivity contribution in [2.45, 2.75) is 48.9 Å². The fourth-order valence-corrected chi connectivity index (χ4v) is 5.13. The molecule has 6 nitrogen and oxygen atoms in total. The number of pyridine rings is 1. The van der Waals surface area contributed by atoms with Gasteiger partial charge in [-0.05, 0) is 69.7 Å². The Morgan fingerprint density at radius 3 is 2.37 bits per heavy atom. The van der Waals surface area contributed by atoms with Crippen LogP contribution in [0.2, 0.25) is 0 Å². The number of hydrogen-bond acceptors (Lipinski definition) is 5. The smallest absolute Gasteiger partial charge is 0.240 e. The summed E-state index contributed by atoms with van der Waals surface area (Å²) in [5.41, 5.74) is 2.56. The van der Waals surface area contributed by atoms with E-state index in [0.717, 1.165) is 21.5 Å². The number of rotatable bonds is 7. The van der Waals surface area contributed by atoms with E-state index >= 15 is 0 Å². The first-order valence-electron chi connectivity index (χ1n) is 9.62. The summed E-state index contributed by atoms with van der Waals surface area (Å²) in [7, 11) is -3.56. The zero-order valence-corrected chi connectivity index (χ0v) is 19.0. The lowest BCUT2D eigenvalue weighted by Gasteiger charge is -2.13. The molecule has 0 spiro atoms. The van der Waals surface area contributed by atoms with Gasteiger partial charge in [-0.15, -0.1) is 0 Å². The monoisotopic (exact) mass is 443 g/mol. The molecule has 8 heteroatoms. The van der Waals surface area contributed by atoms with Crippen molar-refractivity contribution in [3.63, 3.8) is 0 Å². The van der Waals surface area contributed by atoms with Gasteiger partial charge in [-0.25, -0.2) is 18.1 Å². The van der Waals surface area contributed by atoms with Gasteiger partial charge < -0.3 is 5.32 Å². The number of carbonyl (C=O) groups is 1. The van der Waals surface area contributed by atoms with Crippen molar-refractivity contribution in [3.8, 4) is 0 Å². The number of nitrogens with one attached hydrogen (secondary N) is 2. The highest BCUT2D eigenvalue weighted by Crippen LogP contribution is 2.27. The highest BCUT2D eigenvalue weighted by atomic mass is 32.2. The number of anilines is 1. The van der Waals surface area contributed by atoms with E-state index < -0.39 is 10.0 Å². The molecule has 3 aromatic rings. The van der Waals surface area contributed by atoms with Gasteiger partial charge in [0, 0.05) is 17.1 Å². The van der Waals surface area contributed by atoms with Crippen molar-refractivity contribution in [3.05, 3.63) is 60.2 Å². The van der Waals surface area contributed by atoms with Crippen LogP contribution < -0.4 is 10.0 Å². The maximum Gasteiger partial charge on any atom is 0.240 e. The third-order valence-corrected chi connectivity index (χ3v) is 7.08. The van der Waals surface area contributed by atoms with Crippen LogP contribution in [0.15, 0.2) is 64.5 Å². The van der Waals surface area contributed by atoms with Crippen LogP contribution in [-0.2, 0) is 14.8 Å². The number of nitrogens with zero attached hydrogens (tertiary/aromatic N) is 1. The molecule has 30 heavy (non-hydrogen) atoms. The van der Waals surface area contributed by atoms with Crippen LogP contribution in [0.5, 0.6) is 0 Å². The summed E-state index contributed by atoms with van der Waals surface area (Å²) in [5.74, 6) is -0.177. The summed E-state index contributed by atoms with van der Waals surface area (Å²) >= 11 is 1.39. The van der Waals surface area contributed by atoms with Crippen molar-refractivity contribution in [2.75, 3.05) is 5.32 Å². The highest BCUT2D eigenvalue weighted by Gasteiger charge is 2.18. The third-order valence-electron chi connectivity index (χ3n) is 4.39. The van der Waals surface area contributed by atoms with Gasteiger partial charge in [0.1, 0.15) is 0 Å². The zero-order valence-electron chi connectivity index (χ0n) is 17.3. The van der Waals surface area contributed by atoms with Gasteiger partial charge >= 0.3 is 0 Å². The second kappa shape index (κ2) is 9.16. The number of para-hydroxylation sites is 1. The SMILES string of the molecule is Cc1cc(S[C@@H](C)C(=O)Nc2ccc(S(=O)(=O)NC(C)C)cc2)nc2ccccc12. The van der Waals surface area contributed by atoms with Crippen molar-refractivity contribution in [1.82, 2.24) is 9.71 Å². The minimum Gasteiger partial charge on any atom is -0.325 e. The normalized spacial score (nSPS) is 12.8. The van der Waals surface area contributed by atoms with Crippen LogP contribution in [0.4, 0.5) is 5.69 Å². The maximum atomic E-state index is 12.6. The van der Waals surface area contributed by atoms with Crippen molar-refractivity contribution >= 4 is 44.3 Å². The van der Waals surface area contributed by atoms with Crippen LogP contribution in [0.1, 0.15) is 26.3 Å². The Morgan fingerprint density at radius 1 is 1.03 bits per heavy atom. The molecule has 1 atom stereocenters. The van der Waals surface area contributed by atoms with E-state index in [1.165, 1.54) is 23.9 Å². The predicted octanol–water partition coefficient (Wildman–Crippen LogP) is 4.35. The van der Waals surface area contributed by atoms with E-state index in [9.17, 15) is 13.2 Å². The van der Waals surface area contributed by atoms with Crippen LogP contribution in [-0.4, -0.2) is 30.6 Å². The van der Waals surface area contributed by atoms with Gasteiger partial charge in [0.2, 0.25) is 15.9 Å². The van der Waals surface area contributed by atoms with Gasteiger partial charge in [0.15, 0.2) is 0 Å². The Balaban J connectivity index is 1.67. The molecule has 2 N–H and O–H groups in total. The molecule has 1 aromatic heterocycles. The van der Waals surface area contributed by atoms with Crippen molar-refractivity contribution < 1.29 is 13.2 Å². The molecule has 1 heterocycles. The molecule has 0 saturated carbocycles. The van der Waals surface area contributed by atoms with Crippen molar-refractivity contribution in [2.24, 2.45) is 0 Å². The van der Waals surface area contributed by atoms with Crippen LogP contribution in [0.25, 0.3) is 10.9 Å². The van der Waals surface area contributed by atoms with Gasteiger partial charge in [-0.1, -0.05) is 30.0 Å². The molecule has 0 fully saturated rings. The summed E-state index contributed by atoms with van der Waals surface area (Å²) < 4.78 is 26.9. The molecule has 158 valence electrons. The largest absolute Gasteiger partial charge is 0.325 e. The van der Waals surface area contributed by atoms with Gasteiger partial charge in [-0.2, -0.15) is 0 Å². The van der Waals surface area contributed by atoms with Gasteiger partial charge in [0.05, 0.1) is 20.7 Å². The number of sulfonamides is 1. The topological polar surface area (TPSA) is 88.2 Å². The van der Waals surface area contributed by atoms with Gasteiger partial charge in [-0.3, -0.25) is 4.79 Å². The predicted molar refractivity (Wildman–Crippen MR) is 122 cm³/mol. The first-order chi connectivity index (χ1) is 14.2. The molecule has 3 rings (SSSR count). The van der Waals surface area contributed by atoms with E-state index in [2.05, 4.69) is 15.0 Å². The maximum absolute atomic E-state index is 12.6. The van der Waals surface area contributed by atoms with E-state index in [0.29, 0.717) is 5.69 Å². The van der Waals surface area contributed by atoms with Gasteiger partial charge in [0.25, 0.3) is 0 Å². The van der Waals surface area contributed by atoms with E-state index in [4.69, 9.17) is 0 Å². The fraction of sp³-hybridized carbons (Fsp3) is 0.273. The summed E-state index contributed by atoms with van der Waals surface area (Å²) in [4.78, 5) is 17.4. The fourth-order valence-electron chi connectivity index (χ4n) is 2.95. The van der Waals surface area contributed by atoms with E-state index in [1.54, 1.807) is 26.0 Å². The zero-order chi connectivity index (χ0) is 21.9. The third kappa shape index (κ3) is 5.38. The average molecular weight is 444 g/mol. The molecule has 0 unspecified atom stereocenters. The van der Waals surface area contributed by atoms with Crippen LogP contribution in [0.3, 0.4) is 0 Å². The standard InChI is InChI=1S/C22H25N3O3S2/c1-14(2)25-30(27,28)18-11-9-17(10-12-18)23-22(26)16(4)29-21-13-15(3)19-7-5-6-8-20(19)24-21/h5-14,16,25H,1-4H3,(H,23,26)/t16-/m0/s1. The summed E-state index contributed by atoms with van der Waals surface area (Å²) in [5, 5.41) is 4.34. The first-order valence-corrected chi connectivity index (χ1v) is 12.0. The van der Waals surface area contributed by atoms with Crippen LogP contribution >= 0.6 is 11.8 Å². The molecule has 0 bridgehead atoms. The van der Waals surface area contributed by atoms with Crippen LogP contribution in [0, 0.1) is 6.92 Å². The lowest BCUT2D eigenvalue weighted by Crippen LogP contribution is -2.30. The second-order valence-corrected chi connectivity index (χ2v) is 10.4.